The minimum Gasteiger partial charge on any atom is -0.352 e. The summed E-state index contributed by atoms with van der Waals surface area (Å²) in [7, 11) is 0. The third kappa shape index (κ3) is 2.84. The van der Waals surface area contributed by atoms with E-state index in [0.29, 0.717) is 17.6 Å². The van der Waals surface area contributed by atoms with Crippen molar-refractivity contribution in [3.8, 4) is 0 Å². The summed E-state index contributed by atoms with van der Waals surface area (Å²) in [5.74, 6) is -0.123. The number of carbonyl (C=O) groups is 1. The van der Waals surface area contributed by atoms with Crippen molar-refractivity contribution in [2.45, 2.75) is 25.8 Å². The second kappa shape index (κ2) is 5.59. The third-order valence-corrected chi connectivity index (χ3v) is 2.69. The smallest absolute Gasteiger partial charge is 0.255 e. The number of nitrogens with one attached hydrogen (secondary N) is 1. The molecule has 2 aromatic heterocycles. The van der Waals surface area contributed by atoms with E-state index >= 15 is 0 Å². The number of hydrogen-bond acceptors (Lipinski definition) is 4. The first-order valence-electron chi connectivity index (χ1n) is 5.99. The largest absolute Gasteiger partial charge is 0.352 e. The summed E-state index contributed by atoms with van der Waals surface area (Å²) >= 11 is 0. The first kappa shape index (κ1) is 12.5. The van der Waals surface area contributed by atoms with Crippen LogP contribution < -0.4 is 11.1 Å². The molecule has 2 rings (SSSR count). The molecule has 2 aromatic rings. The lowest BCUT2D eigenvalue weighted by atomic mass is 10.2. The molecule has 6 nitrogen and oxygen atoms in total. The third-order valence-electron chi connectivity index (χ3n) is 2.69. The molecule has 18 heavy (non-hydrogen) atoms. The van der Waals surface area contributed by atoms with Gasteiger partial charge in [-0.25, -0.2) is 4.52 Å². The van der Waals surface area contributed by atoms with Crippen LogP contribution >= 0.6 is 0 Å². The van der Waals surface area contributed by atoms with Crippen LogP contribution in [0.1, 0.15) is 30.1 Å². The summed E-state index contributed by atoms with van der Waals surface area (Å²) in [6.07, 6.45) is 8.30. The number of amides is 1. The van der Waals surface area contributed by atoms with Crippen molar-refractivity contribution in [2.75, 3.05) is 6.54 Å². The van der Waals surface area contributed by atoms with Crippen molar-refractivity contribution < 1.29 is 4.79 Å². The van der Waals surface area contributed by atoms with Gasteiger partial charge in [-0.2, -0.15) is 5.10 Å². The van der Waals surface area contributed by atoms with E-state index in [1.54, 1.807) is 29.3 Å². The molecule has 0 spiro atoms. The zero-order valence-electron chi connectivity index (χ0n) is 10.3. The molecule has 6 heteroatoms. The Morgan fingerprint density at radius 1 is 1.56 bits per heavy atom. The average molecular weight is 247 g/mol. The quantitative estimate of drug-likeness (QED) is 0.757. The second-order valence-corrected chi connectivity index (χ2v) is 4.34. The summed E-state index contributed by atoms with van der Waals surface area (Å²) in [4.78, 5) is 15.9. The van der Waals surface area contributed by atoms with Gasteiger partial charge in [0, 0.05) is 25.0 Å². The summed E-state index contributed by atoms with van der Waals surface area (Å²) < 4.78 is 1.63. The van der Waals surface area contributed by atoms with E-state index in [1.165, 1.54) is 0 Å². The van der Waals surface area contributed by atoms with E-state index in [0.717, 1.165) is 12.8 Å². The predicted octanol–water partition coefficient (Wildman–Crippen LogP) is 0.587. The Bertz CT molecular complexity index is 534. The van der Waals surface area contributed by atoms with Crippen molar-refractivity contribution in [3.63, 3.8) is 0 Å². The summed E-state index contributed by atoms with van der Waals surface area (Å²) in [5, 5.41) is 6.95. The maximum absolute atomic E-state index is 11.9. The summed E-state index contributed by atoms with van der Waals surface area (Å²) in [6.45, 7) is 2.58. The SMILES string of the molecule is CC(N)CCCNC(=O)c1cnn2ccncc12. The summed E-state index contributed by atoms with van der Waals surface area (Å²) in [6, 6.07) is 0.170. The van der Waals surface area contributed by atoms with Crippen LogP contribution in [0, 0.1) is 0 Å². The molecule has 0 aliphatic carbocycles. The van der Waals surface area contributed by atoms with Gasteiger partial charge in [0.15, 0.2) is 0 Å². The average Bonchev–Trinajstić information content (AvgIpc) is 2.78. The maximum atomic E-state index is 11.9. The van der Waals surface area contributed by atoms with Crippen LogP contribution in [0.4, 0.5) is 0 Å². The normalized spacial score (nSPS) is 12.6. The molecule has 0 radical (unpaired) electrons. The predicted molar refractivity (Wildman–Crippen MR) is 68.2 cm³/mol. The zero-order chi connectivity index (χ0) is 13.0. The minimum absolute atomic E-state index is 0.123. The number of nitrogens with zero attached hydrogens (tertiary/aromatic N) is 3. The van der Waals surface area contributed by atoms with Crippen molar-refractivity contribution in [2.24, 2.45) is 5.73 Å². The second-order valence-electron chi connectivity index (χ2n) is 4.34. The van der Waals surface area contributed by atoms with E-state index in [1.807, 2.05) is 6.92 Å². The highest BCUT2D eigenvalue weighted by atomic mass is 16.1. The van der Waals surface area contributed by atoms with Crippen LogP contribution in [0.2, 0.25) is 0 Å². The molecule has 0 aliphatic heterocycles. The van der Waals surface area contributed by atoms with Crippen molar-refractivity contribution in [1.82, 2.24) is 19.9 Å². The number of aromatic nitrogens is 3. The summed E-state index contributed by atoms with van der Waals surface area (Å²) in [5.41, 5.74) is 6.90. The van der Waals surface area contributed by atoms with Crippen molar-refractivity contribution in [3.05, 3.63) is 30.4 Å². The Kier molecular flexibility index (Phi) is 3.88. The molecular weight excluding hydrogens is 230 g/mol. The lowest BCUT2D eigenvalue weighted by molar-refractivity contribution is 0.0954. The Balaban J connectivity index is 1.97. The monoisotopic (exact) mass is 247 g/mol. The fourth-order valence-corrected chi connectivity index (χ4v) is 1.73. The van der Waals surface area contributed by atoms with Gasteiger partial charge in [0.25, 0.3) is 5.91 Å². The minimum atomic E-state index is -0.123. The van der Waals surface area contributed by atoms with Crippen LogP contribution in [-0.4, -0.2) is 33.1 Å². The standard InChI is InChI=1S/C12H17N5O/c1-9(13)3-2-4-15-12(18)10-7-16-17-6-5-14-8-11(10)17/h5-9H,2-4,13H2,1H3,(H,15,18). The first-order valence-corrected chi connectivity index (χ1v) is 5.99. The van der Waals surface area contributed by atoms with E-state index in [4.69, 9.17) is 5.73 Å². The van der Waals surface area contributed by atoms with Crippen LogP contribution in [0.5, 0.6) is 0 Å². The Morgan fingerprint density at radius 3 is 3.17 bits per heavy atom. The van der Waals surface area contributed by atoms with E-state index in [9.17, 15) is 4.79 Å². The van der Waals surface area contributed by atoms with E-state index < -0.39 is 0 Å². The fraction of sp³-hybridized carbons (Fsp3) is 0.417. The molecule has 2 heterocycles. The van der Waals surface area contributed by atoms with Crippen molar-refractivity contribution in [1.29, 1.82) is 0 Å². The van der Waals surface area contributed by atoms with Gasteiger partial charge in [-0.1, -0.05) is 0 Å². The Morgan fingerprint density at radius 2 is 2.39 bits per heavy atom. The van der Waals surface area contributed by atoms with Gasteiger partial charge in [0.2, 0.25) is 0 Å². The first-order chi connectivity index (χ1) is 8.68. The van der Waals surface area contributed by atoms with Gasteiger partial charge in [-0.05, 0) is 19.8 Å². The molecule has 0 saturated heterocycles. The highest BCUT2D eigenvalue weighted by molar-refractivity contribution is 6.00. The molecule has 3 N–H and O–H groups in total. The van der Waals surface area contributed by atoms with E-state index in [-0.39, 0.29) is 11.9 Å². The number of hydrogen-bond donors (Lipinski definition) is 2. The number of rotatable bonds is 5. The van der Waals surface area contributed by atoms with Gasteiger partial charge >= 0.3 is 0 Å². The topological polar surface area (TPSA) is 85.3 Å². The van der Waals surface area contributed by atoms with Crippen LogP contribution in [0.3, 0.4) is 0 Å². The van der Waals surface area contributed by atoms with Gasteiger partial charge in [-0.15, -0.1) is 0 Å². The molecule has 0 aliphatic rings. The van der Waals surface area contributed by atoms with E-state index in [2.05, 4.69) is 15.4 Å². The zero-order valence-corrected chi connectivity index (χ0v) is 10.3. The molecule has 0 fully saturated rings. The van der Waals surface area contributed by atoms with Gasteiger partial charge in [-0.3, -0.25) is 9.78 Å². The molecule has 0 aromatic carbocycles. The molecule has 1 unspecified atom stereocenters. The van der Waals surface area contributed by atoms with Gasteiger partial charge < -0.3 is 11.1 Å². The molecule has 0 bridgehead atoms. The molecule has 0 saturated carbocycles. The molecular formula is C12H17N5O. The number of fused-ring (bicyclic) bond motifs is 1. The van der Waals surface area contributed by atoms with Gasteiger partial charge in [0.05, 0.1) is 23.5 Å². The molecule has 96 valence electrons. The Labute approximate surface area is 105 Å². The highest BCUT2D eigenvalue weighted by Gasteiger charge is 2.11. The molecule has 1 amide bonds. The highest BCUT2D eigenvalue weighted by Crippen LogP contribution is 2.08. The number of nitrogens with two attached hydrogens (primary N) is 1. The number of carbonyl (C=O) groups excluding carboxylic acids is 1. The molecule has 1 atom stereocenters. The lowest BCUT2D eigenvalue weighted by Crippen LogP contribution is -2.26. The maximum Gasteiger partial charge on any atom is 0.255 e. The fourth-order valence-electron chi connectivity index (χ4n) is 1.73. The Hall–Kier alpha value is -1.95. The van der Waals surface area contributed by atoms with Crippen LogP contribution in [0.15, 0.2) is 24.8 Å². The van der Waals surface area contributed by atoms with Crippen molar-refractivity contribution >= 4 is 11.4 Å². The lowest BCUT2D eigenvalue weighted by Gasteiger charge is -2.06. The van der Waals surface area contributed by atoms with Crippen LogP contribution in [-0.2, 0) is 0 Å². The van der Waals surface area contributed by atoms with Gasteiger partial charge in [0.1, 0.15) is 0 Å². The van der Waals surface area contributed by atoms with Crippen LogP contribution in [0.25, 0.3) is 5.52 Å².